The Morgan fingerprint density at radius 3 is 2.90 bits per heavy atom. The summed E-state index contributed by atoms with van der Waals surface area (Å²) in [6.07, 6.45) is 3.26. The molecule has 112 valence electrons. The minimum Gasteiger partial charge on any atom is -0.592 e. The SMILES string of the molecule is [O-][S+](Cc1ccccc1F)n1cnnc1CC(O)C1CC1. The molecule has 0 bridgehead atoms. The first kappa shape index (κ1) is 14.5. The van der Waals surface area contributed by atoms with E-state index in [2.05, 4.69) is 10.2 Å². The second-order valence-electron chi connectivity index (χ2n) is 5.24. The fraction of sp³-hybridized carbons (Fsp3) is 0.429. The summed E-state index contributed by atoms with van der Waals surface area (Å²) < 4.78 is 27.4. The van der Waals surface area contributed by atoms with Gasteiger partial charge in [0.05, 0.1) is 17.5 Å². The van der Waals surface area contributed by atoms with Gasteiger partial charge in [0.25, 0.3) is 0 Å². The zero-order valence-corrected chi connectivity index (χ0v) is 12.2. The predicted molar refractivity (Wildman–Crippen MR) is 76.1 cm³/mol. The number of aromatic nitrogens is 3. The first-order valence-electron chi connectivity index (χ1n) is 6.84. The van der Waals surface area contributed by atoms with Gasteiger partial charge < -0.3 is 9.66 Å². The highest BCUT2D eigenvalue weighted by molar-refractivity contribution is 7.89. The van der Waals surface area contributed by atoms with Crippen molar-refractivity contribution in [2.75, 3.05) is 0 Å². The van der Waals surface area contributed by atoms with E-state index in [9.17, 15) is 14.0 Å². The number of aliphatic hydroxyl groups is 1. The van der Waals surface area contributed by atoms with Gasteiger partial charge in [-0.15, -0.1) is 14.2 Å². The van der Waals surface area contributed by atoms with Crippen molar-refractivity contribution in [3.8, 4) is 0 Å². The number of hydrogen-bond acceptors (Lipinski definition) is 4. The second-order valence-corrected chi connectivity index (χ2v) is 6.56. The van der Waals surface area contributed by atoms with Crippen LogP contribution in [-0.4, -0.2) is 29.9 Å². The maximum Gasteiger partial charge on any atom is 0.182 e. The Hall–Kier alpha value is -1.44. The molecule has 1 saturated carbocycles. The molecule has 1 fully saturated rings. The van der Waals surface area contributed by atoms with Crippen LogP contribution < -0.4 is 0 Å². The monoisotopic (exact) mass is 309 g/mol. The molecule has 3 rings (SSSR count). The molecule has 1 heterocycles. The maximum absolute atomic E-state index is 13.6. The Labute approximate surface area is 125 Å². The van der Waals surface area contributed by atoms with Crippen molar-refractivity contribution in [2.45, 2.75) is 31.1 Å². The number of halogens is 1. The zero-order valence-electron chi connectivity index (χ0n) is 11.4. The lowest BCUT2D eigenvalue weighted by Gasteiger charge is -2.14. The summed E-state index contributed by atoms with van der Waals surface area (Å²) in [4.78, 5) is 0. The third kappa shape index (κ3) is 3.42. The highest BCUT2D eigenvalue weighted by atomic mass is 32.2. The van der Waals surface area contributed by atoms with E-state index >= 15 is 0 Å². The predicted octanol–water partition coefficient (Wildman–Crippen LogP) is 1.44. The standard InChI is InChI=1S/C14H16FN3O2S/c15-12-4-2-1-3-11(12)8-21(20)18-9-16-17-14(18)7-13(19)10-5-6-10/h1-4,9-10,13,19H,5-8H2. The molecule has 1 aromatic heterocycles. The average Bonchev–Trinajstić information content (AvgIpc) is 3.22. The van der Waals surface area contributed by atoms with Gasteiger partial charge in [-0.2, -0.15) is 0 Å². The largest absolute Gasteiger partial charge is 0.592 e. The number of hydrogen-bond donors (Lipinski definition) is 1. The molecule has 2 unspecified atom stereocenters. The van der Waals surface area contributed by atoms with Crippen LogP contribution in [0.2, 0.25) is 0 Å². The van der Waals surface area contributed by atoms with Crippen LogP contribution in [-0.2, 0) is 23.5 Å². The highest BCUT2D eigenvalue weighted by Gasteiger charge is 2.32. The summed E-state index contributed by atoms with van der Waals surface area (Å²) in [6.45, 7) is 0. The van der Waals surface area contributed by atoms with Gasteiger partial charge >= 0.3 is 0 Å². The molecule has 0 aliphatic heterocycles. The lowest BCUT2D eigenvalue weighted by molar-refractivity contribution is 0.149. The van der Waals surface area contributed by atoms with Crippen molar-refractivity contribution in [1.29, 1.82) is 0 Å². The van der Waals surface area contributed by atoms with Gasteiger partial charge in [-0.05, 0) is 24.8 Å². The van der Waals surface area contributed by atoms with Crippen LogP contribution in [0.15, 0.2) is 30.6 Å². The number of nitrogens with zero attached hydrogens (tertiary/aromatic N) is 3. The van der Waals surface area contributed by atoms with E-state index in [1.807, 2.05) is 0 Å². The van der Waals surface area contributed by atoms with Gasteiger partial charge in [0, 0.05) is 12.0 Å². The molecule has 7 heteroatoms. The van der Waals surface area contributed by atoms with Gasteiger partial charge in [-0.25, -0.2) is 4.39 Å². The van der Waals surface area contributed by atoms with Crippen LogP contribution in [0.4, 0.5) is 4.39 Å². The van der Waals surface area contributed by atoms with Crippen molar-refractivity contribution < 1.29 is 14.0 Å². The van der Waals surface area contributed by atoms with Gasteiger partial charge in [0.15, 0.2) is 17.9 Å². The Balaban J connectivity index is 1.71. The summed E-state index contributed by atoms with van der Waals surface area (Å²) in [5.74, 6) is 0.467. The van der Waals surface area contributed by atoms with Crippen molar-refractivity contribution in [2.24, 2.45) is 5.92 Å². The van der Waals surface area contributed by atoms with E-state index in [1.54, 1.807) is 18.2 Å². The van der Waals surface area contributed by atoms with E-state index in [0.717, 1.165) is 12.8 Å². The second kappa shape index (κ2) is 6.13. The fourth-order valence-corrected chi connectivity index (χ4v) is 3.34. The molecule has 0 amide bonds. The van der Waals surface area contributed by atoms with Crippen molar-refractivity contribution in [3.05, 3.63) is 47.8 Å². The van der Waals surface area contributed by atoms with E-state index < -0.39 is 17.5 Å². The maximum atomic E-state index is 13.6. The van der Waals surface area contributed by atoms with Crippen molar-refractivity contribution >= 4 is 11.4 Å². The van der Waals surface area contributed by atoms with Crippen LogP contribution in [0, 0.1) is 11.7 Å². The molecule has 2 atom stereocenters. The third-order valence-electron chi connectivity index (χ3n) is 3.60. The number of rotatable bonds is 6. The molecular formula is C14H16FN3O2S. The Morgan fingerprint density at radius 1 is 1.43 bits per heavy atom. The summed E-state index contributed by atoms with van der Waals surface area (Å²) in [7, 11) is 0. The summed E-state index contributed by atoms with van der Waals surface area (Å²) in [5.41, 5.74) is 0.387. The van der Waals surface area contributed by atoms with Crippen LogP contribution in [0.3, 0.4) is 0 Å². The van der Waals surface area contributed by atoms with Gasteiger partial charge in [-0.1, -0.05) is 18.2 Å². The van der Waals surface area contributed by atoms with Crippen molar-refractivity contribution in [3.63, 3.8) is 0 Å². The van der Waals surface area contributed by atoms with E-state index in [1.165, 1.54) is 16.4 Å². The molecule has 0 radical (unpaired) electrons. The minimum absolute atomic E-state index is 0.0528. The van der Waals surface area contributed by atoms with Gasteiger partial charge in [0.2, 0.25) is 0 Å². The first-order valence-corrected chi connectivity index (χ1v) is 8.12. The summed E-state index contributed by atoms with van der Waals surface area (Å²) in [5, 5.41) is 17.6. The molecule has 1 N–H and O–H groups in total. The van der Waals surface area contributed by atoms with E-state index in [4.69, 9.17) is 0 Å². The summed E-state index contributed by atoms with van der Waals surface area (Å²) in [6, 6.07) is 6.25. The molecule has 21 heavy (non-hydrogen) atoms. The highest BCUT2D eigenvalue weighted by Crippen LogP contribution is 2.33. The number of benzene rings is 1. The molecule has 1 aliphatic carbocycles. The van der Waals surface area contributed by atoms with Crippen LogP contribution in [0.25, 0.3) is 0 Å². The third-order valence-corrected chi connectivity index (χ3v) is 4.90. The first-order chi connectivity index (χ1) is 10.1. The Morgan fingerprint density at radius 2 is 2.19 bits per heavy atom. The quantitative estimate of drug-likeness (QED) is 0.820. The molecular weight excluding hydrogens is 293 g/mol. The molecule has 1 aliphatic rings. The topological polar surface area (TPSA) is 74.0 Å². The van der Waals surface area contributed by atoms with Crippen LogP contribution in [0.5, 0.6) is 0 Å². The Bertz CT molecular complexity index is 618. The van der Waals surface area contributed by atoms with Gasteiger partial charge in [-0.3, -0.25) is 0 Å². The van der Waals surface area contributed by atoms with Gasteiger partial charge in [0.1, 0.15) is 5.82 Å². The van der Waals surface area contributed by atoms with Crippen LogP contribution in [0.1, 0.15) is 24.2 Å². The normalized spacial score (nSPS) is 17.7. The van der Waals surface area contributed by atoms with Crippen LogP contribution >= 0.6 is 0 Å². The minimum atomic E-state index is -1.49. The fourth-order valence-electron chi connectivity index (χ4n) is 2.20. The molecule has 5 nitrogen and oxygen atoms in total. The number of aliphatic hydroxyl groups excluding tert-OH is 1. The Kier molecular flexibility index (Phi) is 4.23. The lowest BCUT2D eigenvalue weighted by atomic mass is 10.1. The van der Waals surface area contributed by atoms with Crippen molar-refractivity contribution in [1.82, 2.24) is 14.2 Å². The van der Waals surface area contributed by atoms with E-state index in [-0.39, 0.29) is 11.6 Å². The molecule has 0 saturated heterocycles. The lowest BCUT2D eigenvalue weighted by Crippen LogP contribution is -2.22. The van der Waals surface area contributed by atoms with E-state index in [0.29, 0.717) is 23.7 Å². The average molecular weight is 309 g/mol. The molecule has 0 spiro atoms. The molecule has 2 aromatic rings. The smallest absolute Gasteiger partial charge is 0.182 e. The summed E-state index contributed by atoms with van der Waals surface area (Å²) >= 11 is -1.49. The zero-order chi connectivity index (χ0) is 14.8. The molecule has 1 aromatic carbocycles.